The van der Waals surface area contributed by atoms with Crippen LogP contribution in [0.2, 0.25) is 0 Å². The lowest BCUT2D eigenvalue weighted by molar-refractivity contribution is -0.141. The molecule has 0 spiro atoms. The molecule has 9 heteroatoms. The highest BCUT2D eigenvalue weighted by Gasteiger charge is 2.38. The Balaban J connectivity index is 2.19. The molecule has 2 heterocycles. The Morgan fingerprint density at radius 2 is 1.95 bits per heavy atom. The molecule has 5 nitrogen and oxygen atoms in total. The summed E-state index contributed by atoms with van der Waals surface area (Å²) in [6.45, 7) is 0. The fourth-order valence-corrected chi connectivity index (χ4v) is 1.98. The van der Waals surface area contributed by atoms with E-state index >= 15 is 0 Å². The van der Waals surface area contributed by atoms with Crippen LogP contribution in [0.25, 0.3) is 11.0 Å². The van der Waals surface area contributed by atoms with E-state index < -0.39 is 29.2 Å². The summed E-state index contributed by atoms with van der Waals surface area (Å²) in [5.74, 6) is -2.74. The quantitative estimate of drug-likeness (QED) is 0.852. The lowest BCUT2D eigenvalue weighted by Gasteiger charge is -2.11. The van der Waals surface area contributed by atoms with Gasteiger partial charge >= 0.3 is 12.1 Å². The van der Waals surface area contributed by atoms with Gasteiger partial charge in [0.1, 0.15) is 0 Å². The largest absolute Gasteiger partial charge is 0.478 e. The Kier molecular flexibility index (Phi) is 3.15. The molecular formula is C13H9F4N3O2. The third-order valence-corrected chi connectivity index (χ3v) is 3.17. The number of hydrogen-bond donors (Lipinski definition) is 2. The summed E-state index contributed by atoms with van der Waals surface area (Å²) in [4.78, 5) is 18.0. The number of fused-ring (bicyclic) bond motifs is 1. The van der Waals surface area contributed by atoms with Gasteiger partial charge in [0.2, 0.25) is 0 Å². The van der Waals surface area contributed by atoms with Crippen molar-refractivity contribution in [3.05, 3.63) is 29.2 Å². The van der Waals surface area contributed by atoms with Gasteiger partial charge in [-0.1, -0.05) is 0 Å². The highest BCUT2D eigenvalue weighted by molar-refractivity contribution is 5.93. The lowest BCUT2D eigenvalue weighted by Crippen LogP contribution is -2.16. The van der Waals surface area contributed by atoms with Crippen LogP contribution >= 0.6 is 0 Å². The van der Waals surface area contributed by atoms with Gasteiger partial charge in [0, 0.05) is 11.4 Å². The zero-order valence-electron chi connectivity index (χ0n) is 10.9. The van der Waals surface area contributed by atoms with Gasteiger partial charge < -0.3 is 10.4 Å². The Bertz CT molecular complexity index is 772. The van der Waals surface area contributed by atoms with Gasteiger partial charge in [0.05, 0.1) is 5.56 Å². The molecule has 1 aliphatic carbocycles. The smallest absolute Gasteiger partial charge is 0.434 e. The average Bonchev–Trinajstić information content (AvgIpc) is 3.21. The van der Waals surface area contributed by atoms with E-state index in [-0.39, 0.29) is 22.9 Å². The minimum atomic E-state index is -4.94. The number of nitrogens with one attached hydrogen (secondary N) is 1. The van der Waals surface area contributed by atoms with Crippen molar-refractivity contribution in [2.24, 2.45) is 0 Å². The summed E-state index contributed by atoms with van der Waals surface area (Å²) in [5, 5.41) is 11.5. The van der Waals surface area contributed by atoms with Crippen molar-refractivity contribution in [1.82, 2.24) is 9.97 Å². The van der Waals surface area contributed by atoms with Gasteiger partial charge in [0.25, 0.3) is 0 Å². The monoisotopic (exact) mass is 315 g/mol. The molecule has 1 fully saturated rings. The van der Waals surface area contributed by atoms with Gasteiger partial charge in [-0.05, 0) is 25.0 Å². The van der Waals surface area contributed by atoms with E-state index in [4.69, 9.17) is 5.11 Å². The number of halogens is 4. The third-order valence-electron chi connectivity index (χ3n) is 3.17. The number of carboxylic acids is 1. The lowest BCUT2D eigenvalue weighted by atomic mass is 10.1. The van der Waals surface area contributed by atoms with Crippen LogP contribution in [0.3, 0.4) is 0 Å². The van der Waals surface area contributed by atoms with Crippen molar-refractivity contribution >= 4 is 22.8 Å². The number of pyridine rings is 2. The summed E-state index contributed by atoms with van der Waals surface area (Å²) < 4.78 is 52.5. The number of rotatable bonds is 3. The number of anilines is 1. The number of hydrogen-bond acceptors (Lipinski definition) is 4. The normalized spacial score (nSPS) is 15.1. The highest BCUT2D eigenvalue weighted by atomic mass is 19.4. The number of aromatic nitrogens is 2. The highest BCUT2D eigenvalue weighted by Crippen LogP contribution is 2.33. The van der Waals surface area contributed by atoms with Crippen molar-refractivity contribution in [2.45, 2.75) is 25.1 Å². The molecule has 2 N–H and O–H groups in total. The maximum atomic E-state index is 13.9. The van der Waals surface area contributed by atoms with Crippen LogP contribution < -0.4 is 5.32 Å². The van der Waals surface area contributed by atoms with E-state index in [1.165, 1.54) is 0 Å². The molecule has 0 amide bonds. The average molecular weight is 315 g/mol. The summed E-state index contributed by atoms with van der Waals surface area (Å²) in [5.41, 5.74) is -2.95. The molecule has 0 saturated heterocycles. The number of carboxylic acid groups (broad SMARTS) is 1. The molecule has 22 heavy (non-hydrogen) atoms. The van der Waals surface area contributed by atoms with E-state index in [0.29, 0.717) is 0 Å². The third kappa shape index (κ3) is 2.66. The van der Waals surface area contributed by atoms with Crippen LogP contribution in [0.4, 0.5) is 23.4 Å². The molecule has 0 unspecified atom stereocenters. The minimum Gasteiger partial charge on any atom is -0.478 e. The molecule has 0 aliphatic heterocycles. The van der Waals surface area contributed by atoms with Gasteiger partial charge in [-0.2, -0.15) is 13.2 Å². The second-order valence-electron chi connectivity index (χ2n) is 4.97. The molecule has 2 aromatic heterocycles. The number of alkyl halides is 3. The first kappa shape index (κ1) is 14.5. The Morgan fingerprint density at radius 1 is 1.27 bits per heavy atom. The SMILES string of the molecule is O=C(O)c1cc2cc(F)c(NC3CC3)nc2nc1C(F)(F)F. The van der Waals surface area contributed by atoms with Crippen LogP contribution in [0.1, 0.15) is 28.9 Å². The Labute approximate surface area is 121 Å². The minimum absolute atomic E-state index is 0.0554. The van der Waals surface area contributed by atoms with Crippen molar-refractivity contribution in [3.8, 4) is 0 Å². The van der Waals surface area contributed by atoms with Crippen molar-refractivity contribution in [1.29, 1.82) is 0 Å². The van der Waals surface area contributed by atoms with E-state index in [1.807, 2.05) is 0 Å². The van der Waals surface area contributed by atoms with E-state index in [2.05, 4.69) is 15.3 Å². The molecule has 0 atom stereocenters. The van der Waals surface area contributed by atoms with Crippen LogP contribution in [0.5, 0.6) is 0 Å². The Morgan fingerprint density at radius 3 is 2.50 bits per heavy atom. The van der Waals surface area contributed by atoms with Gasteiger partial charge in [0.15, 0.2) is 23.0 Å². The fraction of sp³-hybridized carbons (Fsp3) is 0.308. The molecule has 0 bridgehead atoms. The van der Waals surface area contributed by atoms with E-state index in [0.717, 1.165) is 25.0 Å². The second kappa shape index (κ2) is 4.79. The maximum Gasteiger partial charge on any atom is 0.434 e. The van der Waals surface area contributed by atoms with Crippen molar-refractivity contribution in [2.75, 3.05) is 5.32 Å². The molecule has 0 aromatic carbocycles. The Hall–Kier alpha value is -2.45. The van der Waals surface area contributed by atoms with E-state index in [9.17, 15) is 22.4 Å². The van der Waals surface area contributed by atoms with Gasteiger partial charge in [-0.3, -0.25) is 0 Å². The van der Waals surface area contributed by atoms with Crippen molar-refractivity contribution in [3.63, 3.8) is 0 Å². The summed E-state index contributed by atoms with van der Waals surface area (Å²) in [6.07, 6.45) is -3.28. The molecule has 116 valence electrons. The standard InChI is InChI=1S/C13H9F4N3O2/c14-8-4-5-3-7(12(21)22)9(13(15,16)17)19-10(5)20-11(8)18-6-1-2-6/h3-4,6H,1-2H2,(H,21,22)(H,18,19,20). The molecule has 2 aromatic rings. The number of nitrogens with zero attached hydrogens (tertiary/aromatic N) is 2. The number of aromatic carboxylic acids is 1. The van der Waals surface area contributed by atoms with Gasteiger partial charge in [-0.15, -0.1) is 0 Å². The van der Waals surface area contributed by atoms with Crippen LogP contribution in [0, 0.1) is 5.82 Å². The van der Waals surface area contributed by atoms with Gasteiger partial charge in [-0.25, -0.2) is 19.2 Å². The molecule has 0 radical (unpaired) electrons. The molecular weight excluding hydrogens is 306 g/mol. The van der Waals surface area contributed by atoms with Crippen molar-refractivity contribution < 1.29 is 27.5 Å². The van der Waals surface area contributed by atoms with Crippen LogP contribution in [0.15, 0.2) is 12.1 Å². The summed E-state index contributed by atoms with van der Waals surface area (Å²) in [6, 6.07) is 1.71. The molecule has 1 saturated carbocycles. The zero-order valence-corrected chi connectivity index (χ0v) is 10.9. The fourth-order valence-electron chi connectivity index (χ4n) is 1.98. The predicted octanol–water partition coefficient (Wildman–Crippen LogP) is 3.06. The maximum absolute atomic E-state index is 13.9. The molecule has 1 aliphatic rings. The van der Waals surface area contributed by atoms with Crippen LogP contribution in [-0.2, 0) is 6.18 Å². The zero-order chi connectivity index (χ0) is 16.1. The summed E-state index contributed by atoms with van der Waals surface area (Å²) in [7, 11) is 0. The number of carbonyl (C=O) groups is 1. The van der Waals surface area contributed by atoms with E-state index in [1.54, 1.807) is 0 Å². The topological polar surface area (TPSA) is 75.1 Å². The first-order chi connectivity index (χ1) is 10.3. The predicted molar refractivity (Wildman–Crippen MR) is 68.1 cm³/mol. The second-order valence-corrected chi connectivity index (χ2v) is 4.97. The first-order valence-electron chi connectivity index (χ1n) is 6.34. The van der Waals surface area contributed by atoms with Crippen LogP contribution in [-0.4, -0.2) is 27.1 Å². The summed E-state index contributed by atoms with van der Waals surface area (Å²) >= 11 is 0. The first-order valence-corrected chi connectivity index (χ1v) is 6.34. The molecule has 3 rings (SSSR count).